The van der Waals surface area contributed by atoms with E-state index in [1.54, 1.807) is 6.07 Å². The standard InChI is InChI=1S/C12H15F3N2/c1-7(16)5-8-6-17-10-4-2-3-9(11(8)10)12(13,14)15/h2-4,7-8,17H,5-6,16H2,1H3. The summed E-state index contributed by atoms with van der Waals surface area (Å²) in [6.45, 7) is 2.35. The Labute approximate surface area is 98.0 Å². The van der Waals surface area contributed by atoms with E-state index < -0.39 is 11.7 Å². The van der Waals surface area contributed by atoms with E-state index in [1.165, 1.54) is 6.07 Å². The maximum atomic E-state index is 12.9. The first-order valence-electron chi connectivity index (χ1n) is 5.59. The second-order valence-corrected chi connectivity index (χ2v) is 4.56. The molecule has 1 aliphatic rings. The maximum absolute atomic E-state index is 12.9. The molecule has 0 radical (unpaired) electrons. The number of fused-ring (bicyclic) bond motifs is 1. The molecule has 2 unspecified atom stereocenters. The van der Waals surface area contributed by atoms with Crippen molar-refractivity contribution in [2.45, 2.75) is 31.5 Å². The molecule has 3 N–H and O–H groups in total. The Morgan fingerprint density at radius 1 is 1.47 bits per heavy atom. The van der Waals surface area contributed by atoms with Gasteiger partial charge in [-0.3, -0.25) is 0 Å². The third kappa shape index (κ3) is 2.39. The highest BCUT2D eigenvalue weighted by molar-refractivity contribution is 5.61. The van der Waals surface area contributed by atoms with Gasteiger partial charge in [0.25, 0.3) is 0 Å². The highest BCUT2D eigenvalue weighted by Crippen LogP contribution is 2.43. The first-order valence-corrected chi connectivity index (χ1v) is 5.59. The summed E-state index contributed by atoms with van der Waals surface area (Å²) in [5.41, 5.74) is 6.10. The van der Waals surface area contributed by atoms with Crippen LogP contribution in [0.25, 0.3) is 0 Å². The lowest BCUT2D eigenvalue weighted by molar-refractivity contribution is -0.138. The molecule has 0 saturated heterocycles. The Kier molecular flexibility index (Phi) is 3.03. The molecular weight excluding hydrogens is 229 g/mol. The van der Waals surface area contributed by atoms with Gasteiger partial charge in [-0.1, -0.05) is 6.07 Å². The van der Waals surface area contributed by atoms with Crippen LogP contribution in [0.2, 0.25) is 0 Å². The smallest absolute Gasteiger partial charge is 0.384 e. The van der Waals surface area contributed by atoms with Gasteiger partial charge in [-0.15, -0.1) is 0 Å². The first-order chi connectivity index (χ1) is 7.89. The van der Waals surface area contributed by atoms with Crippen molar-refractivity contribution in [2.24, 2.45) is 5.73 Å². The van der Waals surface area contributed by atoms with E-state index in [-0.39, 0.29) is 12.0 Å². The van der Waals surface area contributed by atoms with Crippen LogP contribution in [-0.4, -0.2) is 12.6 Å². The summed E-state index contributed by atoms with van der Waals surface area (Å²) in [5.74, 6) is -0.150. The highest BCUT2D eigenvalue weighted by atomic mass is 19.4. The first kappa shape index (κ1) is 12.2. The zero-order valence-electron chi connectivity index (χ0n) is 9.51. The summed E-state index contributed by atoms with van der Waals surface area (Å²) in [6, 6.07) is 4.16. The molecule has 1 aromatic rings. The number of nitrogens with one attached hydrogen (secondary N) is 1. The van der Waals surface area contributed by atoms with Gasteiger partial charge in [0.05, 0.1) is 5.56 Å². The topological polar surface area (TPSA) is 38.0 Å². The molecule has 94 valence electrons. The van der Waals surface area contributed by atoms with Crippen molar-refractivity contribution >= 4 is 5.69 Å². The van der Waals surface area contributed by atoms with Crippen LogP contribution in [0, 0.1) is 0 Å². The predicted octanol–water partition coefficient (Wildman–Crippen LogP) is 2.95. The largest absolute Gasteiger partial charge is 0.416 e. The monoisotopic (exact) mass is 244 g/mol. The molecule has 17 heavy (non-hydrogen) atoms. The van der Waals surface area contributed by atoms with E-state index in [0.717, 1.165) is 6.07 Å². The number of halogens is 3. The fourth-order valence-corrected chi connectivity index (χ4v) is 2.39. The minimum atomic E-state index is -4.30. The Balaban J connectivity index is 2.42. The van der Waals surface area contributed by atoms with Gasteiger partial charge in [0.15, 0.2) is 0 Å². The second-order valence-electron chi connectivity index (χ2n) is 4.56. The lowest BCUT2D eigenvalue weighted by Crippen LogP contribution is -2.21. The van der Waals surface area contributed by atoms with Gasteiger partial charge >= 0.3 is 6.18 Å². The SMILES string of the molecule is CC(N)CC1CNc2cccc(C(F)(F)F)c21. The molecule has 0 spiro atoms. The van der Waals surface area contributed by atoms with Crippen LogP contribution >= 0.6 is 0 Å². The molecule has 0 aromatic heterocycles. The van der Waals surface area contributed by atoms with Crippen molar-refractivity contribution in [3.05, 3.63) is 29.3 Å². The minimum absolute atomic E-state index is 0.103. The van der Waals surface area contributed by atoms with Gasteiger partial charge in [-0.2, -0.15) is 13.2 Å². The molecule has 2 nitrogen and oxygen atoms in total. The van der Waals surface area contributed by atoms with Crippen LogP contribution in [-0.2, 0) is 6.18 Å². The summed E-state index contributed by atoms with van der Waals surface area (Å²) in [4.78, 5) is 0. The lowest BCUT2D eigenvalue weighted by Gasteiger charge is -2.18. The van der Waals surface area contributed by atoms with E-state index in [4.69, 9.17) is 5.73 Å². The summed E-state index contributed by atoms with van der Waals surface area (Å²) in [5, 5.41) is 3.01. The van der Waals surface area contributed by atoms with Gasteiger partial charge in [-0.25, -0.2) is 0 Å². The molecular formula is C12H15F3N2. The van der Waals surface area contributed by atoms with Crippen LogP contribution in [0.15, 0.2) is 18.2 Å². The Morgan fingerprint density at radius 3 is 2.76 bits per heavy atom. The van der Waals surface area contributed by atoms with Crippen molar-refractivity contribution < 1.29 is 13.2 Å². The Hall–Kier alpha value is -1.23. The molecule has 2 atom stereocenters. The van der Waals surface area contributed by atoms with Crippen molar-refractivity contribution in [2.75, 3.05) is 11.9 Å². The predicted molar refractivity (Wildman–Crippen MR) is 60.9 cm³/mol. The van der Waals surface area contributed by atoms with Crippen LogP contribution in [0.5, 0.6) is 0 Å². The van der Waals surface area contributed by atoms with Crippen molar-refractivity contribution in [1.82, 2.24) is 0 Å². The molecule has 0 amide bonds. The third-order valence-corrected chi connectivity index (χ3v) is 3.01. The highest BCUT2D eigenvalue weighted by Gasteiger charge is 2.38. The van der Waals surface area contributed by atoms with Crippen molar-refractivity contribution in [1.29, 1.82) is 0 Å². The Morgan fingerprint density at radius 2 is 2.18 bits per heavy atom. The van der Waals surface area contributed by atoms with E-state index in [9.17, 15) is 13.2 Å². The molecule has 0 saturated carbocycles. The summed E-state index contributed by atoms with van der Waals surface area (Å²) in [7, 11) is 0. The number of alkyl halides is 3. The third-order valence-electron chi connectivity index (χ3n) is 3.01. The van der Waals surface area contributed by atoms with Crippen LogP contribution < -0.4 is 11.1 Å². The second kappa shape index (κ2) is 4.22. The number of hydrogen-bond acceptors (Lipinski definition) is 2. The molecule has 0 aliphatic carbocycles. The number of rotatable bonds is 2. The molecule has 1 heterocycles. The number of nitrogens with two attached hydrogens (primary N) is 1. The van der Waals surface area contributed by atoms with Crippen molar-refractivity contribution in [3.8, 4) is 0 Å². The molecule has 1 aliphatic heterocycles. The van der Waals surface area contributed by atoms with E-state index in [2.05, 4.69) is 5.32 Å². The summed E-state index contributed by atoms with van der Waals surface area (Å²) < 4.78 is 38.7. The lowest BCUT2D eigenvalue weighted by atomic mass is 9.91. The van der Waals surface area contributed by atoms with Gasteiger partial charge in [0, 0.05) is 24.2 Å². The fraction of sp³-hybridized carbons (Fsp3) is 0.500. The van der Waals surface area contributed by atoms with Crippen LogP contribution in [0.3, 0.4) is 0 Å². The van der Waals surface area contributed by atoms with Gasteiger partial charge in [-0.05, 0) is 31.0 Å². The molecule has 0 fully saturated rings. The summed E-state index contributed by atoms with van der Waals surface area (Å²) in [6.07, 6.45) is -3.74. The van der Waals surface area contributed by atoms with E-state index >= 15 is 0 Å². The number of hydrogen-bond donors (Lipinski definition) is 2. The van der Waals surface area contributed by atoms with Gasteiger partial charge < -0.3 is 11.1 Å². The van der Waals surface area contributed by atoms with E-state index in [1.807, 2.05) is 6.92 Å². The minimum Gasteiger partial charge on any atom is -0.384 e. The van der Waals surface area contributed by atoms with Gasteiger partial charge in [0.2, 0.25) is 0 Å². The zero-order valence-corrected chi connectivity index (χ0v) is 9.51. The molecule has 1 aromatic carbocycles. The molecule has 5 heteroatoms. The van der Waals surface area contributed by atoms with Crippen LogP contribution in [0.4, 0.5) is 18.9 Å². The normalized spacial score (nSPS) is 20.9. The fourth-order valence-electron chi connectivity index (χ4n) is 2.39. The quantitative estimate of drug-likeness (QED) is 0.839. The maximum Gasteiger partial charge on any atom is 0.416 e. The Bertz CT molecular complexity index is 413. The average Bonchev–Trinajstić information content (AvgIpc) is 2.59. The molecule has 0 bridgehead atoms. The zero-order chi connectivity index (χ0) is 12.6. The number of anilines is 1. The van der Waals surface area contributed by atoms with E-state index in [0.29, 0.717) is 24.2 Å². The summed E-state index contributed by atoms with van der Waals surface area (Å²) >= 11 is 0. The average molecular weight is 244 g/mol. The molecule has 2 rings (SSSR count). The van der Waals surface area contributed by atoms with Gasteiger partial charge in [0.1, 0.15) is 0 Å². The number of benzene rings is 1. The van der Waals surface area contributed by atoms with Crippen LogP contribution in [0.1, 0.15) is 30.4 Å². The van der Waals surface area contributed by atoms with Crippen molar-refractivity contribution in [3.63, 3.8) is 0 Å².